The highest BCUT2D eigenvalue weighted by Gasteiger charge is 2.32. The minimum Gasteiger partial charge on any atom is -0.508 e. The minimum absolute atomic E-state index is 0.000401. The second-order valence-corrected chi connectivity index (χ2v) is 4.30. The second kappa shape index (κ2) is 5.06. The van der Waals surface area contributed by atoms with Crippen molar-refractivity contribution >= 4 is 17.6 Å². The van der Waals surface area contributed by atoms with Crippen molar-refractivity contribution in [2.24, 2.45) is 5.92 Å². The number of carbonyl (C=O) groups is 1. The van der Waals surface area contributed by atoms with Crippen molar-refractivity contribution < 1.29 is 28.2 Å². The third-order valence-electron chi connectivity index (χ3n) is 2.43. The number of alkyl halides is 3. The van der Waals surface area contributed by atoms with E-state index in [-0.39, 0.29) is 17.0 Å². The Morgan fingerprint density at radius 2 is 2.00 bits per heavy atom. The zero-order valence-electron chi connectivity index (χ0n) is 9.25. The molecule has 1 aromatic carbocycles. The Hall–Kier alpha value is -1.43. The van der Waals surface area contributed by atoms with E-state index in [1.807, 2.05) is 0 Å². The van der Waals surface area contributed by atoms with Crippen LogP contribution in [0.25, 0.3) is 0 Å². The van der Waals surface area contributed by atoms with Gasteiger partial charge in [-0.05, 0) is 18.6 Å². The predicted molar refractivity (Wildman–Crippen MR) is 58.6 cm³/mol. The van der Waals surface area contributed by atoms with E-state index in [4.69, 9.17) is 16.7 Å². The third kappa shape index (κ3) is 3.29. The van der Waals surface area contributed by atoms with Gasteiger partial charge in [0.15, 0.2) is 0 Å². The molecule has 0 fully saturated rings. The largest absolute Gasteiger partial charge is 0.508 e. The molecule has 1 unspecified atom stereocenters. The second-order valence-electron chi connectivity index (χ2n) is 3.90. The molecule has 0 aliphatic carbocycles. The molecule has 0 bridgehead atoms. The fourth-order valence-corrected chi connectivity index (χ4v) is 1.67. The molecular weight excluding hydrogens is 273 g/mol. The van der Waals surface area contributed by atoms with Crippen molar-refractivity contribution in [1.82, 2.24) is 0 Å². The molecule has 1 atom stereocenters. The first-order valence-corrected chi connectivity index (χ1v) is 5.32. The molecule has 18 heavy (non-hydrogen) atoms. The van der Waals surface area contributed by atoms with Gasteiger partial charge in [-0.2, -0.15) is 13.2 Å². The molecule has 0 saturated carbocycles. The molecule has 0 saturated heterocycles. The number of aliphatic carboxylic acids is 1. The number of phenolic OH excluding ortho intramolecular Hbond substituents is 1. The standard InChI is InChI=1S/C11H10ClF3O3/c1-5(10(17)18)2-7-8(12)3-6(4-9(7)16)11(13,14)15/h3-5,16H,2H2,1H3,(H,17,18). The summed E-state index contributed by atoms with van der Waals surface area (Å²) in [4.78, 5) is 10.6. The van der Waals surface area contributed by atoms with E-state index in [0.29, 0.717) is 12.1 Å². The predicted octanol–water partition coefficient (Wildman–Crippen LogP) is 3.33. The van der Waals surface area contributed by atoms with E-state index in [1.165, 1.54) is 6.92 Å². The summed E-state index contributed by atoms with van der Waals surface area (Å²) in [6, 6.07) is 1.21. The Morgan fingerprint density at radius 3 is 2.39 bits per heavy atom. The average molecular weight is 283 g/mol. The number of carboxylic acid groups (broad SMARTS) is 1. The van der Waals surface area contributed by atoms with Crippen molar-refractivity contribution in [2.75, 3.05) is 0 Å². The van der Waals surface area contributed by atoms with Crippen LogP contribution < -0.4 is 0 Å². The Morgan fingerprint density at radius 1 is 1.44 bits per heavy atom. The lowest BCUT2D eigenvalue weighted by Crippen LogP contribution is -2.13. The van der Waals surface area contributed by atoms with Crippen molar-refractivity contribution in [2.45, 2.75) is 19.5 Å². The van der Waals surface area contributed by atoms with E-state index in [2.05, 4.69) is 0 Å². The highest BCUT2D eigenvalue weighted by Crippen LogP contribution is 2.37. The molecule has 100 valence electrons. The lowest BCUT2D eigenvalue weighted by atomic mass is 9.99. The summed E-state index contributed by atoms with van der Waals surface area (Å²) in [6.07, 6.45) is -4.75. The molecular formula is C11H10ClF3O3. The SMILES string of the molecule is CC(Cc1c(O)cc(C(F)(F)F)cc1Cl)C(=O)O. The van der Waals surface area contributed by atoms with Crippen LogP contribution in [-0.4, -0.2) is 16.2 Å². The van der Waals surface area contributed by atoms with Crippen molar-refractivity contribution in [3.05, 3.63) is 28.3 Å². The number of hydrogen-bond acceptors (Lipinski definition) is 2. The number of benzene rings is 1. The number of rotatable bonds is 3. The van der Waals surface area contributed by atoms with Gasteiger partial charge in [-0.15, -0.1) is 0 Å². The van der Waals surface area contributed by atoms with Gasteiger partial charge in [-0.25, -0.2) is 0 Å². The molecule has 7 heteroatoms. The van der Waals surface area contributed by atoms with Gasteiger partial charge in [-0.3, -0.25) is 4.79 Å². The topological polar surface area (TPSA) is 57.5 Å². The van der Waals surface area contributed by atoms with E-state index in [1.54, 1.807) is 0 Å². The zero-order chi connectivity index (χ0) is 14.1. The first-order chi connectivity index (χ1) is 8.12. The Labute approximate surface area is 106 Å². The quantitative estimate of drug-likeness (QED) is 0.894. The first-order valence-electron chi connectivity index (χ1n) is 4.94. The third-order valence-corrected chi connectivity index (χ3v) is 2.77. The van der Waals surface area contributed by atoms with Crippen molar-refractivity contribution in [3.63, 3.8) is 0 Å². The smallest absolute Gasteiger partial charge is 0.416 e. The molecule has 1 aromatic rings. The average Bonchev–Trinajstić information content (AvgIpc) is 2.21. The highest BCUT2D eigenvalue weighted by molar-refractivity contribution is 6.31. The fourth-order valence-electron chi connectivity index (χ4n) is 1.38. The van der Waals surface area contributed by atoms with Crippen LogP contribution >= 0.6 is 11.6 Å². The minimum atomic E-state index is -4.61. The molecule has 0 aromatic heterocycles. The maximum Gasteiger partial charge on any atom is 0.416 e. The maximum atomic E-state index is 12.4. The van der Waals surface area contributed by atoms with Crippen LogP contribution in [0.1, 0.15) is 18.1 Å². The van der Waals surface area contributed by atoms with Gasteiger partial charge in [0.1, 0.15) is 5.75 Å². The lowest BCUT2D eigenvalue weighted by Gasteiger charge is -2.13. The fraction of sp³-hybridized carbons (Fsp3) is 0.364. The van der Waals surface area contributed by atoms with Gasteiger partial charge in [0.05, 0.1) is 11.5 Å². The van der Waals surface area contributed by atoms with Crippen LogP contribution in [0.15, 0.2) is 12.1 Å². The van der Waals surface area contributed by atoms with Gasteiger partial charge in [0.25, 0.3) is 0 Å². The molecule has 0 aliphatic rings. The van der Waals surface area contributed by atoms with Crippen molar-refractivity contribution in [1.29, 1.82) is 0 Å². The van der Waals surface area contributed by atoms with Crippen LogP contribution in [0.3, 0.4) is 0 Å². The van der Waals surface area contributed by atoms with Gasteiger partial charge < -0.3 is 10.2 Å². The maximum absolute atomic E-state index is 12.4. The number of aromatic hydroxyl groups is 1. The first kappa shape index (κ1) is 14.6. The monoisotopic (exact) mass is 282 g/mol. The lowest BCUT2D eigenvalue weighted by molar-refractivity contribution is -0.141. The van der Waals surface area contributed by atoms with Gasteiger partial charge >= 0.3 is 12.1 Å². The van der Waals surface area contributed by atoms with Crippen LogP contribution in [0, 0.1) is 5.92 Å². The summed E-state index contributed by atoms with van der Waals surface area (Å²) < 4.78 is 37.2. The number of phenols is 1. The molecule has 3 nitrogen and oxygen atoms in total. The van der Waals surface area contributed by atoms with Gasteiger partial charge in [0.2, 0.25) is 0 Å². The molecule has 1 rings (SSSR count). The summed E-state index contributed by atoms with van der Waals surface area (Å²) in [6.45, 7) is 1.37. The summed E-state index contributed by atoms with van der Waals surface area (Å²) in [5, 5.41) is 17.9. The van der Waals surface area contributed by atoms with Crippen LogP contribution in [-0.2, 0) is 17.4 Å². The van der Waals surface area contributed by atoms with Crippen LogP contribution in [0.5, 0.6) is 5.75 Å². The molecule has 0 heterocycles. The zero-order valence-corrected chi connectivity index (χ0v) is 10.0. The number of carboxylic acids is 1. The Bertz CT molecular complexity index is 448. The summed E-state index contributed by atoms with van der Waals surface area (Å²) in [5.41, 5.74) is -1.07. The van der Waals surface area contributed by atoms with E-state index >= 15 is 0 Å². The van der Waals surface area contributed by atoms with Gasteiger partial charge in [0, 0.05) is 10.6 Å². The summed E-state index contributed by atoms with van der Waals surface area (Å²) in [7, 11) is 0. The molecule has 0 amide bonds. The van der Waals surface area contributed by atoms with Crippen LogP contribution in [0.4, 0.5) is 13.2 Å². The summed E-state index contributed by atoms with van der Waals surface area (Å²) in [5.74, 6) is -2.63. The van der Waals surface area contributed by atoms with E-state index in [0.717, 1.165) is 0 Å². The Kier molecular flexibility index (Phi) is 4.11. The number of hydrogen-bond donors (Lipinski definition) is 2. The molecule has 0 spiro atoms. The van der Waals surface area contributed by atoms with Crippen molar-refractivity contribution in [3.8, 4) is 5.75 Å². The van der Waals surface area contributed by atoms with E-state index < -0.39 is 29.4 Å². The summed E-state index contributed by atoms with van der Waals surface area (Å²) >= 11 is 5.64. The van der Waals surface area contributed by atoms with E-state index in [9.17, 15) is 23.1 Å². The number of halogens is 4. The van der Waals surface area contributed by atoms with Crippen LogP contribution in [0.2, 0.25) is 5.02 Å². The Balaban J connectivity index is 3.13. The van der Waals surface area contributed by atoms with Gasteiger partial charge in [-0.1, -0.05) is 18.5 Å². The normalized spacial score (nSPS) is 13.4. The molecule has 0 radical (unpaired) electrons. The molecule has 2 N–H and O–H groups in total. The highest BCUT2D eigenvalue weighted by atomic mass is 35.5. The molecule has 0 aliphatic heterocycles.